The second kappa shape index (κ2) is 4.43. The van der Waals surface area contributed by atoms with Gasteiger partial charge in [-0.3, -0.25) is 4.98 Å². The van der Waals surface area contributed by atoms with E-state index in [9.17, 15) is 12.8 Å². The largest absolute Gasteiger partial charge is 0.265 e. The van der Waals surface area contributed by atoms with Gasteiger partial charge in [-0.05, 0) is 35.9 Å². The lowest BCUT2D eigenvalue weighted by Crippen LogP contribution is -1.93. The highest BCUT2D eigenvalue weighted by Crippen LogP contribution is 2.26. The molecule has 0 unspecified atom stereocenters. The fraction of sp³-hybridized carbons (Fsp3) is 0. The molecule has 0 amide bonds. The monoisotopic (exact) mass is 271 g/mol. The van der Waals surface area contributed by atoms with Crippen LogP contribution in [0.25, 0.3) is 11.1 Å². The maximum Gasteiger partial charge on any atom is 0.261 e. The molecular formula is C11H7ClFNO2S. The third-order valence-electron chi connectivity index (χ3n) is 2.21. The van der Waals surface area contributed by atoms with Gasteiger partial charge in [0.1, 0.15) is 5.82 Å². The lowest BCUT2D eigenvalue weighted by Gasteiger charge is -2.04. The molecule has 3 nitrogen and oxygen atoms in total. The average molecular weight is 272 g/mol. The smallest absolute Gasteiger partial charge is 0.261 e. The van der Waals surface area contributed by atoms with E-state index >= 15 is 0 Å². The maximum absolute atomic E-state index is 13.6. The first-order valence-corrected chi connectivity index (χ1v) is 6.94. The van der Waals surface area contributed by atoms with Gasteiger partial charge in [-0.1, -0.05) is 0 Å². The van der Waals surface area contributed by atoms with Crippen molar-refractivity contribution in [2.75, 3.05) is 0 Å². The zero-order valence-electron chi connectivity index (χ0n) is 8.47. The van der Waals surface area contributed by atoms with Crippen molar-refractivity contribution in [3.05, 3.63) is 48.5 Å². The summed E-state index contributed by atoms with van der Waals surface area (Å²) in [6.07, 6.45) is 2.99. The van der Waals surface area contributed by atoms with E-state index in [2.05, 4.69) is 4.98 Å². The van der Waals surface area contributed by atoms with Gasteiger partial charge in [0, 0.05) is 28.6 Å². The summed E-state index contributed by atoms with van der Waals surface area (Å²) in [5, 5.41) is 0. The van der Waals surface area contributed by atoms with Gasteiger partial charge in [0.2, 0.25) is 0 Å². The average Bonchev–Trinajstić information content (AvgIpc) is 2.29. The van der Waals surface area contributed by atoms with Crippen LogP contribution in [0, 0.1) is 5.82 Å². The predicted octanol–water partition coefficient (Wildman–Crippen LogP) is 2.82. The Hall–Kier alpha value is -1.46. The molecule has 1 aromatic heterocycles. The van der Waals surface area contributed by atoms with Crippen LogP contribution in [0.4, 0.5) is 4.39 Å². The van der Waals surface area contributed by atoms with Crippen molar-refractivity contribution >= 4 is 19.7 Å². The number of benzene rings is 1. The third kappa shape index (κ3) is 2.62. The van der Waals surface area contributed by atoms with Crippen LogP contribution in [-0.4, -0.2) is 13.4 Å². The lowest BCUT2D eigenvalue weighted by molar-refractivity contribution is 0.608. The van der Waals surface area contributed by atoms with Crippen LogP contribution >= 0.6 is 10.7 Å². The number of nitrogens with zero attached hydrogens (tertiary/aromatic N) is 1. The number of halogens is 2. The predicted molar refractivity (Wildman–Crippen MR) is 62.7 cm³/mol. The Labute approximate surface area is 102 Å². The Morgan fingerprint density at radius 3 is 2.35 bits per heavy atom. The molecule has 0 aliphatic carbocycles. The Morgan fingerprint density at radius 2 is 1.76 bits per heavy atom. The minimum Gasteiger partial charge on any atom is -0.265 e. The van der Waals surface area contributed by atoms with Gasteiger partial charge in [-0.15, -0.1) is 0 Å². The van der Waals surface area contributed by atoms with E-state index < -0.39 is 14.9 Å². The van der Waals surface area contributed by atoms with Crippen LogP contribution in [0.5, 0.6) is 0 Å². The molecule has 0 fully saturated rings. The quantitative estimate of drug-likeness (QED) is 0.789. The summed E-state index contributed by atoms with van der Waals surface area (Å²) in [7, 11) is 1.35. The highest BCUT2D eigenvalue weighted by Gasteiger charge is 2.13. The first kappa shape index (κ1) is 12.0. The second-order valence-corrected chi connectivity index (χ2v) is 5.88. The van der Waals surface area contributed by atoms with Crippen LogP contribution in [0.2, 0.25) is 0 Å². The summed E-state index contributed by atoms with van der Waals surface area (Å²) in [6.45, 7) is 0. The number of pyridine rings is 1. The molecule has 0 radical (unpaired) electrons. The number of aromatic nitrogens is 1. The summed E-state index contributed by atoms with van der Waals surface area (Å²) >= 11 is 0. The molecule has 88 valence electrons. The van der Waals surface area contributed by atoms with Crippen molar-refractivity contribution in [2.45, 2.75) is 4.90 Å². The van der Waals surface area contributed by atoms with Gasteiger partial charge in [-0.25, -0.2) is 12.8 Å². The van der Waals surface area contributed by atoms with Crippen LogP contribution in [0.3, 0.4) is 0 Å². The Balaban J connectivity index is 2.63. The van der Waals surface area contributed by atoms with Crippen LogP contribution in [0.1, 0.15) is 0 Å². The number of hydrogen-bond donors (Lipinski definition) is 0. The maximum atomic E-state index is 13.6. The lowest BCUT2D eigenvalue weighted by atomic mass is 10.1. The first-order chi connectivity index (χ1) is 7.98. The fourth-order valence-electron chi connectivity index (χ4n) is 1.41. The molecule has 0 saturated carbocycles. The molecule has 0 saturated heterocycles. The number of rotatable bonds is 2. The molecule has 2 rings (SSSR count). The summed E-state index contributed by atoms with van der Waals surface area (Å²) in [4.78, 5) is 3.67. The standard InChI is InChI=1S/C11H7ClFNO2S/c12-17(15,16)9-1-2-11(13)10(7-9)8-3-5-14-6-4-8/h1-7H. The molecule has 1 aromatic carbocycles. The van der Waals surface area contributed by atoms with Gasteiger partial charge in [0.05, 0.1) is 4.90 Å². The molecular weight excluding hydrogens is 265 g/mol. The van der Waals surface area contributed by atoms with Crippen LogP contribution in [-0.2, 0) is 9.05 Å². The molecule has 0 spiro atoms. The van der Waals surface area contributed by atoms with E-state index in [4.69, 9.17) is 10.7 Å². The summed E-state index contributed by atoms with van der Waals surface area (Å²) in [5.41, 5.74) is 0.716. The molecule has 0 aliphatic rings. The highest BCUT2D eigenvalue weighted by atomic mass is 35.7. The van der Waals surface area contributed by atoms with Gasteiger partial charge in [0.15, 0.2) is 0 Å². The van der Waals surface area contributed by atoms with Gasteiger partial charge in [0.25, 0.3) is 9.05 Å². The van der Waals surface area contributed by atoms with Crippen molar-refractivity contribution in [1.29, 1.82) is 0 Å². The molecule has 6 heteroatoms. The molecule has 0 N–H and O–H groups in total. The molecule has 2 aromatic rings. The second-order valence-electron chi connectivity index (χ2n) is 3.32. The topological polar surface area (TPSA) is 47.0 Å². The van der Waals surface area contributed by atoms with E-state index in [1.54, 1.807) is 12.1 Å². The van der Waals surface area contributed by atoms with E-state index in [0.717, 1.165) is 12.1 Å². The van der Waals surface area contributed by atoms with E-state index in [1.165, 1.54) is 18.5 Å². The first-order valence-electron chi connectivity index (χ1n) is 4.63. The highest BCUT2D eigenvalue weighted by molar-refractivity contribution is 8.13. The minimum atomic E-state index is -3.86. The zero-order chi connectivity index (χ0) is 12.5. The summed E-state index contributed by atoms with van der Waals surface area (Å²) in [5.74, 6) is -0.514. The summed E-state index contributed by atoms with van der Waals surface area (Å²) < 4.78 is 35.9. The van der Waals surface area contributed by atoms with E-state index in [0.29, 0.717) is 5.56 Å². The summed E-state index contributed by atoms with van der Waals surface area (Å²) in [6, 6.07) is 6.58. The SMILES string of the molecule is O=S(=O)(Cl)c1ccc(F)c(-c2ccncc2)c1. The van der Waals surface area contributed by atoms with E-state index in [-0.39, 0.29) is 10.5 Å². The Morgan fingerprint density at radius 1 is 1.12 bits per heavy atom. The minimum absolute atomic E-state index is 0.132. The molecule has 0 aliphatic heterocycles. The Bertz CT molecular complexity index is 644. The normalized spacial score (nSPS) is 11.4. The van der Waals surface area contributed by atoms with Gasteiger partial charge < -0.3 is 0 Å². The van der Waals surface area contributed by atoms with Crippen LogP contribution < -0.4 is 0 Å². The third-order valence-corrected chi connectivity index (χ3v) is 3.56. The van der Waals surface area contributed by atoms with Crippen molar-refractivity contribution in [1.82, 2.24) is 4.98 Å². The van der Waals surface area contributed by atoms with Crippen molar-refractivity contribution in [2.24, 2.45) is 0 Å². The fourth-order valence-corrected chi connectivity index (χ4v) is 2.19. The van der Waals surface area contributed by atoms with Crippen molar-refractivity contribution in [3.8, 4) is 11.1 Å². The molecule has 1 heterocycles. The van der Waals surface area contributed by atoms with E-state index in [1.807, 2.05) is 0 Å². The zero-order valence-corrected chi connectivity index (χ0v) is 10.0. The molecule has 17 heavy (non-hydrogen) atoms. The van der Waals surface area contributed by atoms with Gasteiger partial charge in [-0.2, -0.15) is 0 Å². The molecule has 0 bridgehead atoms. The Kier molecular flexibility index (Phi) is 3.13. The van der Waals surface area contributed by atoms with Gasteiger partial charge >= 0.3 is 0 Å². The molecule has 0 atom stereocenters. The van der Waals surface area contributed by atoms with Crippen molar-refractivity contribution in [3.63, 3.8) is 0 Å². The van der Waals surface area contributed by atoms with Crippen LogP contribution in [0.15, 0.2) is 47.6 Å². The van der Waals surface area contributed by atoms with Crippen molar-refractivity contribution < 1.29 is 12.8 Å². The number of hydrogen-bond acceptors (Lipinski definition) is 3.